The third-order valence-electron chi connectivity index (χ3n) is 5.73. The lowest BCUT2D eigenvalue weighted by Gasteiger charge is -2.28. The number of nitrogens with zero attached hydrogens (tertiary/aromatic N) is 4. The van der Waals surface area contributed by atoms with Crippen molar-refractivity contribution < 1.29 is 9.53 Å². The average molecular weight is 476 g/mol. The number of nitrogens with one attached hydrogen (secondary N) is 1. The van der Waals surface area contributed by atoms with Gasteiger partial charge in [-0.05, 0) is 59.1 Å². The van der Waals surface area contributed by atoms with E-state index in [2.05, 4.69) is 52.5 Å². The highest BCUT2D eigenvalue weighted by molar-refractivity contribution is 7.16. The van der Waals surface area contributed by atoms with E-state index >= 15 is 0 Å². The molecule has 4 rings (SSSR count). The summed E-state index contributed by atoms with van der Waals surface area (Å²) in [4.78, 5) is 25.1. The molecule has 1 aliphatic rings. The molecule has 0 unspecified atom stereocenters. The van der Waals surface area contributed by atoms with E-state index in [1.54, 1.807) is 0 Å². The third kappa shape index (κ3) is 5.20. The van der Waals surface area contributed by atoms with Gasteiger partial charge in [0.2, 0.25) is 0 Å². The number of aromatic nitrogens is 2. The van der Waals surface area contributed by atoms with Crippen LogP contribution in [0, 0.1) is 25.2 Å². The number of rotatable bonds is 5. The van der Waals surface area contributed by atoms with Crippen LogP contribution in [0.2, 0.25) is 0 Å². The van der Waals surface area contributed by atoms with Gasteiger partial charge < -0.3 is 15.0 Å². The number of esters is 1. The van der Waals surface area contributed by atoms with Crippen molar-refractivity contribution in [3.05, 3.63) is 63.7 Å². The number of pyridine rings is 1. The van der Waals surface area contributed by atoms with Crippen molar-refractivity contribution in [1.82, 2.24) is 9.97 Å². The molecule has 1 aliphatic heterocycles. The summed E-state index contributed by atoms with van der Waals surface area (Å²) in [5, 5.41) is 12.9. The first-order chi connectivity index (χ1) is 16.1. The Morgan fingerprint density at radius 1 is 1.26 bits per heavy atom. The van der Waals surface area contributed by atoms with Gasteiger partial charge in [0, 0.05) is 12.1 Å². The normalized spacial score (nSPS) is 15.8. The highest BCUT2D eigenvalue weighted by Gasteiger charge is 2.30. The van der Waals surface area contributed by atoms with Crippen LogP contribution in [0.5, 0.6) is 0 Å². The highest BCUT2D eigenvalue weighted by Crippen LogP contribution is 2.38. The molecular formula is C26H29N5O2S. The lowest BCUT2D eigenvalue weighted by molar-refractivity contribution is 0.00687. The minimum absolute atomic E-state index is 0.181. The fourth-order valence-corrected chi connectivity index (χ4v) is 4.68. The van der Waals surface area contributed by atoms with Crippen LogP contribution in [-0.2, 0) is 4.74 Å². The Kier molecular flexibility index (Phi) is 6.58. The van der Waals surface area contributed by atoms with E-state index in [1.165, 1.54) is 28.7 Å². The topological polar surface area (TPSA) is 91.1 Å². The molecule has 0 aliphatic carbocycles. The lowest BCUT2D eigenvalue weighted by Crippen LogP contribution is -2.27. The molecule has 7 nitrogen and oxygen atoms in total. The molecule has 1 fully saturated rings. The molecule has 8 heteroatoms. The molecule has 3 heterocycles. The molecule has 0 amide bonds. The lowest BCUT2D eigenvalue weighted by atomic mass is 10.0. The molecular weight excluding hydrogens is 446 g/mol. The van der Waals surface area contributed by atoms with Gasteiger partial charge in [0.1, 0.15) is 28.2 Å². The number of hydrogen-bond acceptors (Lipinski definition) is 8. The van der Waals surface area contributed by atoms with Crippen molar-refractivity contribution in [1.29, 1.82) is 5.26 Å². The van der Waals surface area contributed by atoms with Crippen molar-refractivity contribution in [2.24, 2.45) is 0 Å². The zero-order valence-corrected chi connectivity index (χ0v) is 21.0. The maximum atomic E-state index is 13.1. The largest absolute Gasteiger partial charge is 0.456 e. The number of hydrogen-bond donors (Lipinski definition) is 1. The summed E-state index contributed by atoms with van der Waals surface area (Å²) in [5.74, 6) is 0.862. The number of ether oxygens (including phenoxy) is 1. The van der Waals surface area contributed by atoms with Crippen LogP contribution in [0.3, 0.4) is 0 Å². The number of benzene rings is 1. The van der Waals surface area contributed by atoms with Crippen molar-refractivity contribution in [3.8, 4) is 6.07 Å². The molecule has 1 atom stereocenters. The summed E-state index contributed by atoms with van der Waals surface area (Å²) in [6, 6.07) is 12.7. The Labute approximate surface area is 204 Å². The first kappa shape index (κ1) is 23.7. The smallest absolute Gasteiger partial charge is 0.339 e. The van der Waals surface area contributed by atoms with Gasteiger partial charge in [-0.1, -0.05) is 41.2 Å². The van der Waals surface area contributed by atoms with Gasteiger partial charge in [0.25, 0.3) is 0 Å². The fourth-order valence-electron chi connectivity index (χ4n) is 4.07. The quantitative estimate of drug-likeness (QED) is 0.448. The summed E-state index contributed by atoms with van der Waals surface area (Å²) in [5.41, 5.74) is 2.99. The van der Waals surface area contributed by atoms with Gasteiger partial charge >= 0.3 is 5.97 Å². The molecule has 3 aromatic rings. The van der Waals surface area contributed by atoms with Crippen molar-refractivity contribution in [3.63, 3.8) is 0 Å². The molecule has 34 heavy (non-hydrogen) atoms. The summed E-state index contributed by atoms with van der Waals surface area (Å²) in [6.45, 7) is 10.3. The molecule has 1 N–H and O–H groups in total. The zero-order valence-electron chi connectivity index (χ0n) is 20.2. The van der Waals surface area contributed by atoms with Crippen LogP contribution in [-0.4, -0.2) is 28.1 Å². The average Bonchev–Trinajstić information content (AvgIpc) is 3.44. The van der Waals surface area contributed by atoms with Gasteiger partial charge in [-0.15, -0.1) is 0 Å². The molecule has 0 spiro atoms. The summed E-state index contributed by atoms with van der Waals surface area (Å²) >= 11 is 1.24. The van der Waals surface area contributed by atoms with Gasteiger partial charge in [0.15, 0.2) is 5.13 Å². The van der Waals surface area contributed by atoms with E-state index in [1.807, 2.05) is 33.8 Å². The highest BCUT2D eigenvalue weighted by atomic mass is 32.1. The molecule has 0 radical (unpaired) electrons. The molecule has 0 saturated carbocycles. The van der Waals surface area contributed by atoms with Crippen molar-refractivity contribution in [2.45, 2.75) is 59.1 Å². The Bertz CT molecular complexity index is 1240. The van der Waals surface area contributed by atoms with E-state index in [0.29, 0.717) is 32.8 Å². The van der Waals surface area contributed by atoms with Crippen LogP contribution in [0.1, 0.15) is 71.6 Å². The maximum Gasteiger partial charge on any atom is 0.339 e. The van der Waals surface area contributed by atoms with Crippen LogP contribution < -0.4 is 10.2 Å². The first-order valence-electron chi connectivity index (χ1n) is 11.4. The maximum absolute atomic E-state index is 13.1. The third-order valence-corrected chi connectivity index (χ3v) is 6.55. The van der Waals surface area contributed by atoms with Gasteiger partial charge in [-0.3, -0.25) is 0 Å². The SMILES string of the molecule is Cc1ccc([C@@H]2CCCN2c2cc(C(=O)OC(C)(C)C)c(C)c(Nc3ncc(C#N)s3)n2)cc1. The predicted molar refractivity (Wildman–Crippen MR) is 135 cm³/mol. The summed E-state index contributed by atoms with van der Waals surface area (Å²) in [6.07, 6.45) is 3.58. The van der Waals surface area contributed by atoms with E-state index in [0.717, 1.165) is 19.4 Å². The number of carbonyl (C=O) groups excluding carboxylic acids is 1. The molecule has 0 bridgehead atoms. The molecule has 2 aromatic heterocycles. The standard InChI is InChI=1S/C26H29N5O2S/c1-16-8-10-18(11-9-16)21-7-6-12-31(21)22-13-20(24(32)33-26(3,4)5)17(2)23(29-22)30-25-28-15-19(14-27)34-25/h8-11,13,15,21H,6-7,12H2,1-5H3,(H,28,29,30)/t21-/m0/s1. The second kappa shape index (κ2) is 9.43. The number of nitriles is 1. The molecule has 1 aromatic carbocycles. The van der Waals surface area contributed by atoms with Gasteiger partial charge in [-0.2, -0.15) is 5.26 Å². The minimum atomic E-state index is -0.615. The molecule has 1 saturated heterocycles. The number of carbonyl (C=O) groups is 1. The predicted octanol–water partition coefficient (Wildman–Crippen LogP) is 6.07. The monoisotopic (exact) mass is 475 g/mol. The van der Waals surface area contributed by atoms with Crippen LogP contribution in [0.25, 0.3) is 0 Å². The number of aryl methyl sites for hydroxylation is 1. The first-order valence-corrected chi connectivity index (χ1v) is 12.2. The fraction of sp³-hybridized carbons (Fsp3) is 0.385. The van der Waals surface area contributed by atoms with E-state index in [4.69, 9.17) is 15.0 Å². The van der Waals surface area contributed by atoms with E-state index in [9.17, 15) is 4.79 Å². The minimum Gasteiger partial charge on any atom is -0.456 e. The van der Waals surface area contributed by atoms with Gasteiger partial charge in [0.05, 0.1) is 17.8 Å². The second-order valence-electron chi connectivity index (χ2n) is 9.53. The van der Waals surface area contributed by atoms with Gasteiger partial charge in [-0.25, -0.2) is 14.8 Å². The van der Waals surface area contributed by atoms with Crippen molar-refractivity contribution in [2.75, 3.05) is 16.8 Å². The van der Waals surface area contributed by atoms with Crippen LogP contribution in [0.15, 0.2) is 36.5 Å². The van der Waals surface area contributed by atoms with Crippen LogP contribution in [0.4, 0.5) is 16.8 Å². The van der Waals surface area contributed by atoms with E-state index in [-0.39, 0.29) is 12.0 Å². The van der Waals surface area contributed by atoms with Crippen LogP contribution >= 0.6 is 11.3 Å². The molecule has 176 valence electrons. The van der Waals surface area contributed by atoms with Crippen molar-refractivity contribution >= 4 is 34.1 Å². The Hall–Kier alpha value is -3.44. The number of thiazole rings is 1. The number of anilines is 3. The Morgan fingerprint density at radius 3 is 2.65 bits per heavy atom. The Morgan fingerprint density at radius 2 is 2.00 bits per heavy atom. The summed E-state index contributed by atoms with van der Waals surface area (Å²) < 4.78 is 5.70. The zero-order chi connectivity index (χ0) is 24.5. The Balaban J connectivity index is 1.76. The second-order valence-corrected chi connectivity index (χ2v) is 10.6. The van der Waals surface area contributed by atoms with E-state index < -0.39 is 5.60 Å². The summed E-state index contributed by atoms with van der Waals surface area (Å²) in [7, 11) is 0.